The molecule has 0 radical (unpaired) electrons. The van der Waals surface area contributed by atoms with Crippen LogP contribution in [0.3, 0.4) is 0 Å². The molecule has 0 unspecified atom stereocenters. The van der Waals surface area contributed by atoms with Crippen LogP contribution in [0.4, 0.5) is 13.2 Å². The number of benzene rings is 1. The predicted molar refractivity (Wildman–Crippen MR) is 104 cm³/mol. The molecule has 3 rings (SSSR count). The SMILES string of the molecule is CN(CC1CCC(CCn2ccnc2)CC1)S(=O)(=O)c1ccc(C(F)(F)F)cc1. The Hall–Kier alpha value is -1.87. The predicted octanol–water partition coefficient (Wildman–Crippen LogP) is 4.42. The van der Waals surface area contributed by atoms with Gasteiger partial charge in [0.25, 0.3) is 0 Å². The van der Waals surface area contributed by atoms with Crippen LogP contribution < -0.4 is 0 Å². The Labute approximate surface area is 169 Å². The Morgan fingerprint density at radius 3 is 2.28 bits per heavy atom. The molecule has 2 aromatic rings. The van der Waals surface area contributed by atoms with Gasteiger partial charge in [-0.15, -0.1) is 0 Å². The fourth-order valence-electron chi connectivity index (χ4n) is 3.91. The van der Waals surface area contributed by atoms with Crippen molar-refractivity contribution in [3.8, 4) is 0 Å². The third kappa shape index (κ3) is 5.60. The van der Waals surface area contributed by atoms with Gasteiger partial charge in [-0.3, -0.25) is 0 Å². The van der Waals surface area contributed by atoms with Crippen molar-refractivity contribution in [3.05, 3.63) is 48.5 Å². The first kappa shape index (κ1) is 21.8. The van der Waals surface area contributed by atoms with Crippen molar-refractivity contribution in [1.29, 1.82) is 0 Å². The van der Waals surface area contributed by atoms with Crippen molar-refractivity contribution in [2.24, 2.45) is 11.8 Å². The largest absolute Gasteiger partial charge is 0.416 e. The minimum atomic E-state index is -4.48. The van der Waals surface area contributed by atoms with Gasteiger partial charge in [0.1, 0.15) is 0 Å². The lowest BCUT2D eigenvalue weighted by Gasteiger charge is -2.31. The number of aromatic nitrogens is 2. The van der Waals surface area contributed by atoms with Gasteiger partial charge in [0, 0.05) is 32.5 Å². The summed E-state index contributed by atoms with van der Waals surface area (Å²) in [6, 6.07) is 3.68. The average Bonchev–Trinajstić information content (AvgIpc) is 3.20. The summed E-state index contributed by atoms with van der Waals surface area (Å²) in [6.45, 7) is 1.33. The molecule has 9 heteroatoms. The van der Waals surface area contributed by atoms with Gasteiger partial charge in [0.05, 0.1) is 16.8 Å². The van der Waals surface area contributed by atoms with Crippen molar-refractivity contribution < 1.29 is 21.6 Å². The van der Waals surface area contributed by atoms with Crippen LogP contribution in [0, 0.1) is 11.8 Å². The summed E-state index contributed by atoms with van der Waals surface area (Å²) in [7, 11) is -2.30. The highest BCUT2D eigenvalue weighted by Crippen LogP contribution is 2.33. The van der Waals surface area contributed by atoms with Crippen LogP contribution in [0.25, 0.3) is 0 Å². The number of halogens is 3. The topological polar surface area (TPSA) is 55.2 Å². The Kier molecular flexibility index (Phi) is 6.68. The van der Waals surface area contributed by atoms with Crippen LogP contribution in [-0.2, 0) is 22.7 Å². The molecule has 0 atom stereocenters. The highest BCUT2D eigenvalue weighted by molar-refractivity contribution is 7.89. The van der Waals surface area contributed by atoms with Gasteiger partial charge in [0.2, 0.25) is 10.0 Å². The molecular weight excluding hydrogens is 403 g/mol. The van der Waals surface area contributed by atoms with E-state index in [1.807, 2.05) is 12.5 Å². The highest BCUT2D eigenvalue weighted by Gasteiger charge is 2.32. The summed E-state index contributed by atoms with van der Waals surface area (Å²) in [6.07, 6.45) is 6.18. The van der Waals surface area contributed by atoms with Crippen molar-refractivity contribution in [2.75, 3.05) is 13.6 Å². The fourth-order valence-corrected chi connectivity index (χ4v) is 5.16. The second-order valence-corrected chi connectivity index (χ2v) is 9.83. The lowest BCUT2D eigenvalue weighted by molar-refractivity contribution is -0.137. The smallest absolute Gasteiger partial charge is 0.337 e. The van der Waals surface area contributed by atoms with E-state index in [2.05, 4.69) is 9.55 Å². The average molecular weight is 430 g/mol. The zero-order valence-corrected chi connectivity index (χ0v) is 17.2. The van der Waals surface area contributed by atoms with Crippen LogP contribution in [0.15, 0.2) is 47.9 Å². The third-order valence-corrected chi connectivity index (χ3v) is 7.56. The number of rotatable bonds is 7. The van der Waals surface area contributed by atoms with E-state index >= 15 is 0 Å². The number of hydrogen-bond acceptors (Lipinski definition) is 3. The van der Waals surface area contributed by atoms with Crippen molar-refractivity contribution >= 4 is 10.0 Å². The maximum atomic E-state index is 12.7. The summed E-state index contributed by atoms with van der Waals surface area (Å²) in [5.41, 5.74) is -0.854. The summed E-state index contributed by atoms with van der Waals surface area (Å²) >= 11 is 0. The molecule has 1 heterocycles. The maximum Gasteiger partial charge on any atom is 0.416 e. The normalized spacial score (nSPS) is 20.9. The Bertz CT molecular complexity index is 873. The van der Waals surface area contributed by atoms with E-state index in [1.165, 1.54) is 11.4 Å². The maximum absolute atomic E-state index is 12.7. The van der Waals surface area contributed by atoms with Gasteiger partial charge in [-0.05, 0) is 55.4 Å². The Balaban J connectivity index is 1.51. The van der Waals surface area contributed by atoms with Gasteiger partial charge in [-0.25, -0.2) is 17.7 Å². The molecule has 1 aromatic heterocycles. The molecule has 1 fully saturated rings. The van der Waals surface area contributed by atoms with E-state index in [0.717, 1.165) is 62.9 Å². The highest BCUT2D eigenvalue weighted by atomic mass is 32.2. The summed E-state index contributed by atoms with van der Waals surface area (Å²) in [4.78, 5) is 3.93. The van der Waals surface area contributed by atoms with E-state index in [0.29, 0.717) is 12.5 Å². The van der Waals surface area contributed by atoms with Gasteiger partial charge in [-0.2, -0.15) is 13.2 Å². The third-order valence-electron chi connectivity index (χ3n) is 5.73. The second-order valence-electron chi connectivity index (χ2n) is 7.78. The molecule has 0 N–H and O–H groups in total. The molecule has 0 aliphatic heterocycles. The molecule has 29 heavy (non-hydrogen) atoms. The monoisotopic (exact) mass is 429 g/mol. The van der Waals surface area contributed by atoms with Crippen LogP contribution in [0.1, 0.15) is 37.7 Å². The first-order valence-corrected chi connectivity index (χ1v) is 11.2. The van der Waals surface area contributed by atoms with Gasteiger partial charge < -0.3 is 4.57 Å². The molecule has 160 valence electrons. The molecule has 0 spiro atoms. The number of alkyl halides is 3. The van der Waals surface area contributed by atoms with Crippen molar-refractivity contribution in [2.45, 2.75) is 49.7 Å². The molecule has 1 aromatic carbocycles. The van der Waals surface area contributed by atoms with Crippen LogP contribution >= 0.6 is 0 Å². The van der Waals surface area contributed by atoms with Gasteiger partial charge in [-0.1, -0.05) is 12.8 Å². The van der Waals surface area contributed by atoms with E-state index in [1.54, 1.807) is 6.20 Å². The summed E-state index contributed by atoms with van der Waals surface area (Å²) < 4.78 is 66.8. The second kappa shape index (κ2) is 8.87. The minimum absolute atomic E-state index is 0.109. The van der Waals surface area contributed by atoms with E-state index < -0.39 is 21.8 Å². The molecule has 1 aliphatic rings. The zero-order valence-electron chi connectivity index (χ0n) is 16.3. The Morgan fingerprint density at radius 1 is 1.10 bits per heavy atom. The molecule has 0 saturated heterocycles. The number of hydrogen-bond donors (Lipinski definition) is 0. The van der Waals surface area contributed by atoms with E-state index in [-0.39, 0.29) is 10.8 Å². The molecule has 1 aliphatic carbocycles. The number of aryl methyl sites for hydroxylation is 1. The van der Waals surface area contributed by atoms with Crippen molar-refractivity contribution in [3.63, 3.8) is 0 Å². The van der Waals surface area contributed by atoms with E-state index in [9.17, 15) is 21.6 Å². The summed E-state index contributed by atoms with van der Waals surface area (Å²) in [5, 5.41) is 0. The lowest BCUT2D eigenvalue weighted by Crippen LogP contribution is -2.33. The molecule has 5 nitrogen and oxygen atoms in total. The number of nitrogens with zero attached hydrogens (tertiary/aromatic N) is 3. The van der Waals surface area contributed by atoms with Crippen LogP contribution in [-0.4, -0.2) is 35.9 Å². The van der Waals surface area contributed by atoms with Crippen LogP contribution in [0.2, 0.25) is 0 Å². The minimum Gasteiger partial charge on any atom is -0.337 e. The standard InChI is InChI=1S/C20H26F3N3O2S/c1-25(29(27,28)19-8-6-18(7-9-19)20(21,22)23)14-17-4-2-16(3-5-17)10-12-26-13-11-24-15-26/h6-9,11,13,15-17H,2-5,10,12,14H2,1H3. The fraction of sp³-hybridized carbons (Fsp3) is 0.550. The zero-order chi connectivity index (χ0) is 21.1. The van der Waals surface area contributed by atoms with Crippen LogP contribution in [0.5, 0.6) is 0 Å². The molecule has 1 saturated carbocycles. The molecule has 0 bridgehead atoms. The molecular formula is C20H26F3N3O2S. The molecule has 0 amide bonds. The van der Waals surface area contributed by atoms with Gasteiger partial charge in [0.15, 0.2) is 0 Å². The van der Waals surface area contributed by atoms with Crippen molar-refractivity contribution in [1.82, 2.24) is 13.9 Å². The Morgan fingerprint density at radius 2 is 1.72 bits per heavy atom. The first-order chi connectivity index (χ1) is 13.7. The van der Waals surface area contributed by atoms with Gasteiger partial charge >= 0.3 is 6.18 Å². The summed E-state index contributed by atoms with van der Waals surface area (Å²) in [5.74, 6) is 0.902. The lowest BCUT2D eigenvalue weighted by atomic mass is 9.80. The number of sulfonamides is 1. The number of imidazole rings is 1. The quantitative estimate of drug-likeness (QED) is 0.655. The first-order valence-electron chi connectivity index (χ1n) is 9.75. The van der Waals surface area contributed by atoms with E-state index in [4.69, 9.17) is 0 Å².